The largest absolute Gasteiger partial charge is 0.392 e. The highest BCUT2D eigenvalue weighted by atomic mass is 16.3. The van der Waals surface area contributed by atoms with Gasteiger partial charge in [0.2, 0.25) is 0 Å². The molecule has 1 aliphatic carbocycles. The van der Waals surface area contributed by atoms with Crippen LogP contribution < -0.4 is 5.32 Å². The summed E-state index contributed by atoms with van der Waals surface area (Å²) in [4.78, 5) is 12.7. The zero-order valence-electron chi connectivity index (χ0n) is 15.4. The lowest BCUT2D eigenvalue weighted by molar-refractivity contribution is -0.156. The van der Waals surface area contributed by atoms with E-state index < -0.39 is 17.6 Å². The van der Waals surface area contributed by atoms with E-state index in [2.05, 4.69) is 12.2 Å². The maximum Gasteiger partial charge on any atom is 0.252 e. The highest BCUT2D eigenvalue weighted by molar-refractivity contribution is 5.85. The predicted octanol–water partition coefficient (Wildman–Crippen LogP) is 2.15. The molecule has 1 fully saturated rings. The SMILES string of the molecule is CC(C)[C@@H]1CC[C@@H](C)C[C@@]1(O)C(=O)NCC(O)c1cccc(CO)c1. The number of amides is 1. The Morgan fingerprint density at radius 3 is 2.72 bits per heavy atom. The molecule has 5 heteroatoms. The van der Waals surface area contributed by atoms with Gasteiger partial charge in [0.15, 0.2) is 0 Å². The molecule has 25 heavy (non-hydrogen) atoms. The van der Waals surface area contributed by atoms with Crippen LogP contribution in [0.4, 0.5) is 0 Å². The monoisotopic (exact) mass is 349 g/mol. The van der Waals surface area contributed by atoms with E-state index in [0.29, 0.717) is 23.5 Å². The van der Waals surface area contributed by atoms with E-state index in [-0.39, 0.29) is 25.0 Å². The Morgan fingerprint density at radius 2 is 2.08 bits per heavy atom. The van der Waals surface area contributed by atoms with Crippen LogP contribution in [0.3, 0.4) is 0 Å². The molecule has 2 rings (SSSR count). The number of rotatable bonds is 6. The Bertz CT molecular complexity index is 589. The van der Waals surface area contributed by atoms with Crippen LogP contribution in [0.1, 0.15) is 57.3 Å². The number of benzene rings is 1. The van der Waals surface area contributed by atoms with E-state index in [9.17, 15) is 20.1 Å². The molecular weight excluding hydrogens is 318 g/mol. The van der Waals surface area contributed by atoms with Crippen LogP contribution >= 0.6 is 0 Å². The Morgan fingerprint density at radius 1 is 1.36 bits per heavy atom. The normalized spacial score (nSPS) is 28.0. The van der Waals surface area contributed by atoms with Crippen LogP contribution in [0.5, 0.6) is 0 Å². The van der Waals surface area contributed by atoms with E-state index in [4.69, 9.17) is 0 Å². The van der Waals surface area contributed by atoms with Crippen LogP contribution in [0.25, 0.3) is 0 Å². The summed E-state index contributed by atoms with van der Waals surface area (Å²) in [5.41, 5.74) is -0.0304. The molecule has 1 saturated carbocycles. The Balaban J connectivity index is 2.04. The van der Waals surface area contributed by atoms with Crippen LogP contribution in [0.2, 0.25) is 0 Å². The molecule has 0 saturated heterocycles. The minimum Gasteiger partial charge on any atom is -0.392 e. The molecule has 0 spiro atoms. The Kier molecular flexibility index (Phi) is 6.60. The van der Waals surface area contributed by atoms with Crippen LogP contribution in [0, 0.1) is 17.8 Å². The second-order valence-corrected chi connectivity index (χ2v) is 7.79. The van der Waals surface area contributed by atoms with Crippen LogP contribution in [-0.4, -0.2) is 33.4 Å². The summed E-state index contributed by atoms with van der Waals surface area (Å²) < 4.78 is 0. The van der Waals surface area contributed by atoms with Gasteiger partial charge in [0.1, 0.15) is 5.60 Å². The molecule has 0 heterocycles. The van der Waals surface area contributed by atoms with Crippen molar-refractivity contribution in [1.29, 1.82) is 0 Å². The van der Waals surface area contributed by atoms with E-state index in [1.54, 1.807) is 24.3 Å². The van der Waals surface area contributed by atoms with E-state index in [1.807, 2.05) is 13.8 Å². The summed E-state index contributed by atoms with van der Waals surface area (Å²) in [6.45, 7) is 6.07. The van der Waals surface area contributed by atoms with Crippen molar-refractivity contribution in [1.82, 2.24) is 5.32 Å². The molecule has 0 aliphatic heterocycles. The van der Waals surface area contributed by atoms with Gasteiger partial charge in [-0.1, -0.05) is 51.5 Å². The first-order valence-electron chi connectivity index (χ1n) is 9.16. The lowest BCUT2D eigenvalue weighted by Crippen LogP contribution is -2.56. The molecule has 4 N–H and O–H groups in total. The fourth-order valence-corrected chi connectivity index (χ4v) is 3.99. The van der Waals surface area contributed by atoms with Gasteiger partial charge < -0.3 is 20.6 Å². The van der Waals surface area contributed by atoms with Crippen molar-refractivity contribution >= 4 is 5.91 Å². The number of carbonyl (C=O) groups is 1. The fraction of sp³-hybridized carbons (Fsp3) is 0.650. The average molecular weight is 349 g/mol. The lowest BCUT2D eigenvalue weighted by Gasteiger charge is -2.43. The number of carbonyl (C=O) groups excluding carboxylic acids is 1. The van der Waals surface area contributed by atoms with Gasteiger partial charge in [-0.05, 0) is 41.7 Å². The highest BCUT2D eigenvalue weighted by Crippen LogP contribution is 2.41. The van der Waals surface area contributed by atoms with Crippen molar-refractivity contribution in [2.45, 2.75) is 58.3 Å². The molecule has 1 amide bonds. The van der Waals surface area contributed by atoms with Crippen molar-refractivity contribution in [3.63, 3.8) is 0 Å². The molecular formula is C20H31NO4. The van der Waals surface area contributed by atoms with Crippen molar-refractivity contribution in [3.05, 3.63) is 35.4 Å². The molecule has 0 bridgehead atoms. The maximum absolute atomic E-state index is 12.7. The van der Waals surface area contributed by atoms with Crippen molar-refractivity contribution < 1.29 is 20.1 Å². The molecule has 5 nitrogen and oxygen atoms in total. The second kappa shape index (κ2) is 8.30. The van der Waals surface area contributed by atoms with Gasteiger partial charge in [0, 0.05) is 6.54 Å². The molecule has 4 atom stereocenters. The topological polar surface area (TPSA) is 89.8 Å². The van der Waals surface area contributed by atoms with E-state index in [1.165, 1.54) is 0 Å². The Labute approximate surface area is 150 Å². The molecule has 1 aromatic carbocycles. The highest BCUT2D eigenvalue weighted by Gasteiger charge is 2.48. The number of aliphatic hydroxyl groups excluding tert-OH is 2. The summed E-state index contributed by atoms with van der Waals surface area (Å²) in [6.07, 6.45) is 1.44. The average Bonchev–Trinajstić information content (AvgIpc) is 2.58. The van der Waals surface area contributed by atoms with Crippen LogP contribution in [0.15, 0.2) is 24.3 Å². The second-order valence-electron chi connectivity index (χ2n) is 7.79. The van der Waals surface area contributed by atoms with Gasteiger partial charge in [0.05, 0.1) is 12.7 Å². The standard InChI is InChI=1S/C20H31NO4/c1-13(2)17-8-7-14(3)10-20(17,25)19(24)21-11-18(23)16-6-4-5-15(9-16)12-22/h4-6,9,13-14,17-18,22-23,25H,7-8,10-12H2,1-3H3,(H,21,24)/t14-,17+,18?,20+/m1/s1. The number of aliphatic hydroxyl groups is 3. The predicted molar refractivity (Wildman–Crippen MR) is 96.6 cm³/mol. The van der Waals surface area contributed by atoms with E-state index in [0.717, 1.165) is 12.8 Å². The minimum absolute atomic E-state index is 0.0369. The van der Waals surface area contributed by atoms with Gasteiger partial charge >= 0.3 is 0 Å². The molecule has 0 radical (unpaired) electrons. The number of nitrogens with one attached hydrogen (secondary N) is 1. The van der Waals surface area contributed by atoms with Crippen molar-refractivity contribution in [3.8, 4) is 0 Å². The first-order valence-corrected chi connectivity index (χ1v) is 9.16. The number of hydrogen-bond acceptors (Lipinski definition) is 4. The summed E-state index contributed by atoms with van der Waals surface area (Å²) in [5, 5.41) is 33.3. The van der Waals surface area contributed by atoms with Gasteiger partial charge in [-0.25, -0.2) is 0 Å². The lowest BCUT2D eigenvalue weighted by atomic mass is 9.66. The third-order valence-corrected chi connectivity index (χ3v) is 5.42. The van der Waals surface area contributed by atoms with E-state index >= 15 is 0 Å². The van der Waals surface area contributed by atoms with Crippen LogP contribution in [-0.2, 0) is 11.4 Å². The first kappa shape index (κ1) is 19.9. The first-order chi connectivity index (χ1) is 11.8. The molecule has 1 aromatic rings. The van der Waals surface area contributed by atoms with Gasteiger partial charge in [-0.15, -0.1) is 0 Å². The number of hydrogen-bond donors (Lipinski definition) is 4. The third kappa shape index (κ3) is 4.60. The maximum atomic E-state index is 12.7. The van der Waals surface area contributed by atoms with Gasteiger partial charge in [-0.3, -0.25) is 4.79 Å². The fourth-order valence-electron chi connectivity index (χ4n) is 3.99. The molecule has 1 unspecified atom stereocenters. The summed E-state index contributed by atoms with van der Waals surface area (Å²) in [5.74, 6) is 0.0555. The van der Waals surface area contributed by atoms with Crippen molar-refractivity contribution in [2.24, 2.45) is 17.8 Å². The smallest absolute Gasteiger partial charge is 0.252 e. The Hall–Kier alpha value is -1.43. The quantitative estimate of drug-likeness (QED) is 0.633. The summed E-state index contributed by atoms with van der Waals surface area (Å²) in [6, 6.07) is 7.00. The molecule has 1 aliphatic rings. The zero-order valence-corrected chi connectivity index (χ0v) is 15.4. The molecule has 0 aromatic heterocycles. The van der Waals surface area contributed by atoms with Gasteiger partial charge in [-0.2, -0.15) is 0 Å². The minimum atomic E-state index is -1.38. The molecule has 140 valence electrons. The summed E-state index contributed by atoms with van der Waals surface area (Å²) in [7, 11) is 0. The zero-order chi connectivity index (χ0) is 18.6. The summed E-state index contributed by atoms with van der Waals surface area (Å²) >= 11 is 0. The third-order valence-electron chi connectivity index (χ3n) is 5.42. The van der Waals surface area contributed by atoms with Gasteiger partial charge in [0.25, 0.3) is 5.91 Å². The van der Waals surface area contributed by atoms with Crippen molar-refractivity contribution in [2.75, 3.05) is 6.54 Å².